The van der Waals surface area contributed by atoms with Gasteiger partial charge in [-0.1, -0.05) is 37.6 Å². The average Bonchev–Trinajstić information content (AvgIpc) is 2.22. The molecule has 4 heteroatoms. The number of cyclic esters (lactones) is 1. The van der Waals surface area contributed by atoms with Crippen molar-refractivity contribution in [3.8, 4) is 0 Å². The summed E-state index contributed by atoms with van der Waals surface area (Å²) in [5.41, 5.74) is 0.868. The van der Waals surface area contributed by atoms with Crippen LogP contribution in [0, 0.1) is 5.41 Å². The molecule has 1 fully saturated rings. The molecule has 86 valence electrons. The lowest BCUT2D eigenvalue weighted by Crippen LogP contribution is -2.46. The van der Waals surface area contributed by atoms with E-state index in [0.29, 0.717) is 11.6 Å². The summed E-state index contributed by atoms with van der Waals surface area (Å²) in [7, 11) is 0. The molecule has 3 nitrogen and oxygen atoms in total. The van der Waals surface area contributed by atoms with E-state index in [1.54, 1.807) is 0 Å². The number of amides is 1. The number of carbonyl (C=O) groups is 1. The van der Waals surface area contributed by atoms with Crippen molar-refractivity contribution in [2.45, 2.75) is 19.9 Å². The van der Waals surface area contributed by atoms with Gasteiger partial charge in [-0.25, -0.2) is 4.79 Å². The van der Waals surface area contributed by atoms with Crippen LogP contribution < -0.4 is 5.32 Å². The first-order valence-corrected chi connectivity index (χ1v) is 5.55. The first-order valence-electron chi connectivity index (χ1n) is 5.18. The van der Waals surface area contributed by atoms with E-state index < -0.39 is 0 Å². The minimum absolute atomic E-state index is 0.0625. The van der Waals surface area contributed by atoms with Crippen LogP contribution in [-0.4, -0.2) is 12.7 Å². The fraction of sp³-hybridized carbons (Fsp3) is 0.417. The Hall–Kier alpha value is -1.22. The molecule has 1 aromatic carbocycles. The lowest BCUT2D eigenvalue weighted by molar-refractivity contribution is 0.0387. The molecule has 1 heterocycles. The maximum Gasteiger partial charge on any atom is 0.407 e. The number of nitrogens with one attached hydrogen (secondary N) is 1. The number of benzene rings is 1. The van der Waals surface area contributed by atoms with E-state index in [4.69, 9.17) is 16.3 Å². The van der Waals surface area contributed by atoms with E-state index >= 15 is 0 Å². The SMILES string of the molecule is CC1(C)COC(=O)N[C@@H]1c1cccc(Cl)c1. The summed E-state index contributed by atoms with van der Waals surface area (Å²) in [6, 6.07) is 7.48. The minimum Gasteiger partial charge on any atom is -0.449 e. The van der Waals surface area contributed by atoms with Crippen molar-refractivity contribution < 1.29 is 9.53 Å². The lowest BCUT2D eigenvalue weighted by Gasteiger charge is -2.38. The van der Waals surface area contributed by atoms with Crippen molar-refractivity contribution in [3.63, 3.8) is 0 Å². The smallest absolute Gasteiger partial charge is 0.407 e. The molecule has 1 atom stereocenters. The minimum atomic E-state index is -0.371. The number of hydrogen-bond donors (Lipinski definition) is 1. The molecule has 0 saturated carbocycles. The van der Waals surface area contributed by atoms with Crippen molar-refractivity contribution in [3.05, 3.63) is 34.9 Å². The Morgan fingerprint density at radius 2 is 2.25 bits per heavy atom. The Kier molecular flexibility index (Phi) is 2.80. The molecule has 16 heavy (non-hydrogen) atoms. The number of rotatable bonds is 1. The Balaban J connectivity index is 2.33. The highest BCUT2D eigenvalue weighted by molar-refractivity contribution is 6.30. The van der Waals surface area contributed by atoms with Gasteiger partial charge in [0.1, 0.15) is 6.61 Å². The van der Waals surface area contributed by atoms with Gasteiger partial charge in [0, 0.05) is 10.4 Å². The van der Waals surface area contributed by atoms with Gasteiger partial charge in [0.15, 0.2) is 0 Å². The van der Waals surface area contributed by atoms with Crippen LogP contribution in [0.5, 0.6) is 0 Å². The highest BCUT2D eigenvalue weighted by Crippen LogP contribution is 2.36. The van der Waals surface area contributed by atoms with Gasteiger partial charge >= 0.3 is 6.09 Å². The van der Waals surface area contributed by atoms with Crippen LogP contribution in [0.15, 0.2) is 24.3 Å². The van der Waals surface area contributed by atoms with Gasteiger partial charge in [0.05, 0.1) is 6.04 Å². The monoisotopic (exact) mass is 239 g/mol. The summed E-state index contributed by atoms with van der Waals surface area (Å²) < 4.78 is 4.99. The van der Waals surface area contributed by atoms with Crippen molar-refractivity contribution in [2.75, 3.05) is 6.61 Å². The van der Waals surface area contributed by atoms with Gasteiger partial charge in [-0.15, -0.1) is 0 Å². The fourth-order valence-electron chi connectivity index (χ4n) is 1.91. The molecule has 0 radical (unpaired) electrons. The zero-order valence-electron chi connectivity index (χ0n) is 9.29. The molecule has 1 amide bonds. The maximum absolute atomic E-state index is 11.3. The van der Waals surface area contributed by atoms with Gasteiger partial charge in [-0.05, 0) is 17.7 Å². The molecule has 0 spiro atoms. The van der Waals surface area contributed by atoms with Crippen LogP contribution in [0.25, 0.3) is 0 Å². The largest absolute Gasteiger partial charge is 0.449 e. The second-order valence-corrected chi connectivity index (χ2v) is 5.13. The predicted molar refractivity (Wildman–Crippen MR) is 62.5 cm³/mol. The summed E-state index contributed by atoms with van der Waals surface area (Å²) in [6.07, 6.45) is -0.371. The summed E-state index contributed by atoms with van der Waals surface area (Å²) in [5, 5.41) is 3.51. The van der Waals surface area contributed by atoms with Crippen LogP contribution >= 0.6 is 11.6 Å². The third-order valence-corrected chi connectivity index (χ3v) is 3.04. The fourth-order valence-corrected chi connectivity index (χ4v) is 2.11. The molecule has 2 rings (SSSR count). The van der Waals surface area contributed by atoms with Crippen LogP contribution in [0.3, 0.4) is 0 Å². The molecule has 0 aliphatic carbocycles. The number of alkyl carbamates (subject to hydrolysis) is 1. The molecule has 1 saturated heterocycles. The Labute approximate surface area is 99.7 Å². The third kappa shape index (κ3) is 2.14. The number of ether oxygens (including phenoxy) is 1. The Morgan fingerprint density at radius 1 is 1.50 bits per heavy atom. The highest BCUT2D eigenvalue weighted by Gasteiger charge is 2.37. The van der Waals surface area contributed by atoms with Crippen LogP contribution in [0.4, 0.5) is 4.79 Å². The first kappa shape index (κ1) is 11.3. The van der Waals surface area contributed by atoms with E-state index in [0.717, 1.165) is 5.56 Å². The van der Waals surface area contributed by atoms with Crippen molar-refractivity contribution in [1.82, 2.24) is 5.32 Å². The summed E-state index contributed by atoms with van der Waals surface area (Å²) in [5.74, 6) is 0. The van der Waals surface area contributed by atoms with Crippen molar-refractivity contribution >= 4 is 17.7 Å². The van der Waals surface area contributed by atoms with E-state index in [2.05, 4.69) is 19.2 Å². The molecule has 1 N–H and O–H groups in total. The molecule has 0 aromatic heterocycles. The molecule has 1 aliphatic heterocycles. The predicted octanol–water partition coefficient (Wildman–Crippen LogP) is 3.15. The molecular weight excluding hydrogens is 226 g/mol. The number of hydrogen-bond acceptors (Lipinski definition) is 2. The third-order valence-electron chi connectivity index (χ3n) is 2.80. The van der Waals surface area contributed by atoms with Crippen molar-refractivity contribution in [2.24, 2.45) is 5.41 Å². The Morgan fingerprint density at radius 3 is 2.94 bits per heavy atom. The highest BCUT2D eigenvalue weighted by atomic mass is 35.5. The lowest BCUT2D eigenvalue weighted by atomic mass is 9.80. The molecular formula is C12H14ClNO2. The van der Waals surface area contributed by atoms with Gasteiger partial charge in [0.2, 0.25) is 0 Å². The first-order chi connectivity index (χ1) is 7.49. The molecule has 0 bridgehead atoms. The van der Waals surface area contributed by atoms with Crippen molar-refractivity contribution in [1.29, 1.82) is 0 Å². The van der Waals surface area contributed by atoms with Crippen LogP contribution in [-0.2, 0) is 4.74 Å². The van der Waals surface area contributed by atoms with E-state index in [1.807, 2.05) is 24.3 Å². The standard InChI is InChI=1S/C12H14ClNO2/c1-12(2)7-16-11(15)14-10(12)8-4-3-5-9(13)6-8/h3-6,10H,7H2,1-2H3,(H,14,15)/t10-/m1/s1. The van der Waals surface area contributed by atoms with E-state index in [-0.39, 0.29) is 17.6 Å². The topological polar surface area (TPSA) is 38.3 Å². The second-order valence-electron chi connectivity index (χ2n) is 4.70. The van der Waals surface area contributed by atoms with Gasteiger partial charge < -0.3 is 10.1 Å². The van der Waals surface area contributed by atoms with Gasteiger partial charge in [-0.2, -0.15) is 0 Å². The second kappa shape index (κ2) is 3.98. The summed E-state index contributed by atoms with van der Waals surface area (Å²) in [6.45, 7) is 4.52. The van der Waals surface area contributed by atoms with Crippen LogP contribution in [0.2, 0.25) is 5.02 Å². The summed E-state index contributed by atoms with van der Waals surface area (Å²) in [4.78, 5) is 11.3. The quantitative estimate of drug-likeness (QED) is 0.818. The average molecular weight is 240 g/mol. The zero-order chi connectivity index (χ0) is 11.8. The van der Waals surface area contributed by atoms with Crippen LogP contribution in [0.1, 0.15) is 25.5 Å². The number of halogens is 1. The Bertz CT molecular complexity index is 417. The van der Waals surface area contributed by atoms with Gasteiger partial charge in [-0.3, -0.25) is 0 Å². The van der Waals surface area contributed by atoms with Gasteiger partial charge in [0.25, 0.3) is 0 Å². The van der Waals surface area contributed by atoms with E-state index in [1.165, 1.54) is 0 Å². The van der Waals surface area contributed by atoms with E-state index in [9.17, 15) is 4.79 Å². The molecule has 1 aliphatic rings. The molecule has 0 unspecified atom stereocenters. The normalized spacial score (nSPS) is 23.4. The summed E-state index contributed by atoms with van der Waals surface area (Å²) >= 11 is 5.95. The zero-order valence-corrected chi connectivity index (χ0v) is 10.0. The number of carbonyl (C=O) groups excluding carboxylic acids is 1. The molecule has 1 aromatic rings. The maximum atomic E-state index is 11.3.